The monoisotopic (exact) mass is 407 g/mol. The van der Waals surface area contributed by atoms with Gasteiger partial charge in [-0.3, -0.25) is 4.99 Å². The number of rotatable bonds is 8. The first-order chi connectivity index (χ1) is 13.0. The van der Waals surface area contributed by atoms with E-state index in [1.807, 2.05) is 0 Å². The average Bonchev–Trinajstić information content (AvgIpc) is 2.63. The molecule has 0 saturated heterocycles. The van der Waals surface area contributed by atoms with Crippen LogP contribution in [0.15, 0.2) is 16.6 Å². The summed E-state index contributed by atoms with van der Waals surface area (Å²) in [6.07, 6.45) is -0.0245. The number of carbonyl (C=O) groups excluding carboxylic acids is 1. The molecule has 1 N–H and O–H groups in total. The number of aliphatic imine (C=N–C) groups is 1. The van der Waals surface area contributed by atoms with E-state index in [0.717, 1.165) is 6.21 Å². The van der Waals surface area contributed by atoms with Crippen LogP contribution in [0.5, 0.6) is 0 Å². The lowest BCUT2D eigenvalue weighted by Crippen LogP contribution is -2.37. The highest BCUT2D eigenvalue weighted by atomic mass is 19.2. The van der Waals surface area contributed by atoms with Crippen LogP contribution in [-0.2, 0) is 19.0 Å². The maximum atomic E-state index is 14.0. The summed E-state index contributed by atoms with van der Waals surface area (Å²) in [5.41, 5.74) is -2.86. The Morgan fingerprint density at radius 2 is 1.75 bits per heavy atom. The minimum Gasteiger partial charge on any atom is -0.506 e. The smallest absolute Gasteiger partial charge is 0.343 e. The van der Waals surface area contributed by atoms with Crippen molar-refractivity contribution in [1.29, 1.82) is 0 Å². The molecule has 1 aromatic rings. The molecule has 0 heterocycles. The molecule has 1 aromatic carbocycles. The first-order valence-electron chi connectivity index (χ1n) is 8.06. The van der Waals surface area contributed by atoms with Gasteiger partial charge in [0.15, 0.2) is 29.6 Å². The Morgan fingerprint density at radius 3 is 2.25 bits per heavy atom. The summed E-state index contributed by atoms with van der Waals surface area (Å²) in [7, 11) is 2.70. The lowest BCUT2D eigenvalue weighted by Gasteiger charge is -2.28. The van der Waals surface area contributed by atoms with E-state index in [-0.39, 0.29) is 12.7 Å². The number of methoxy groups -OCH3 is 2. The van der Waals surface area contributed by atoms with Crippen LogP contribution in [0.25, 0.3) is 5.76 Å². The number of carbonyl (C=O) groups is 1. The second kappa shape index (κ2) is 9.65. The average molecular weight is 407 g/mol. The Hall–Kier alpha value is -2.46. The van der Waals surface area contributed by atoms with Gasteiger partial charge in [0, 0.05) is 20.4 Å². The standard InChI is InChI=1S/C18H21F4NO5/c1-6-28-16(25)10(8-23-18(2,3)17(26-4)27-5)15(24)9-7-11(19)13(21)14(22)12(9)20/h7-8,17,24H,6H2,1-5H3. The Balaban J connectivity index is 3.58. The van der Waals surface area contributed by atoms with Crippen molar-refractivity contribution in [2.45, 2.75) is 32.6 Å². The zero-order chi connectivity index (χ0) is 21.6. The summed E-state index contributed by atoms with van der Waals surface area (Å²) in [6.45, 7) is 4.50. The van der Waals surface area contributed by atoms with E-state index in [4.69, 9.17) is 14.2 Å². The van der Waals surface area contributed by atoms with Crippen LogP contribution in [-0.4, -0.2) is 49.9 Å². The molecular weight excluding hydrogens is 386 g/mol. The van der Waals surface area contributed by atoms with E-state index in [1.54, 1.807) is 13.8 Å². The van der Waals surface area contributed by atoms with Gasteiger partial charge in [-0.2, -0.15) is 0 Å². The number of ether oxygens (including phenoxy) is 3. The van der Waals surface area contributed by atoms with Crippen molar-refractivity contribution in [3.63, 3.8) is 0 Å². The topological polar surface area (TPSA) is 77.4 Å². The van der Waals surface area contributed by atoms with E-state index in [0.29, 0.717) is 0 Å². The molecular formula is C18H21F4NO5. The number of benzene rings is 1. The van der Waals surface area contributed by atoms with Crippen LogP contribution in [0.1, 0.15) is 26.3 Å². The van der Waals surface area contributed by atoms with E-state index < -0.39 is 58.0 Å². The predicted octanol–water partition coefficient (Wildman–Crippen LogP) is 3.54. The van der Waals surface area contributed by atoms with Gasteiger partial charge in [0.25, 0.3) is 0 Å². The first-order valence-corrected chi connectivity index (χ1v) is 8.06. The fourth-order valence-electron chi connectivity index (χ4n) is 2.27. The number of nitrogens with zero attached hydrogens (tertiary/aromatic N) is 1. The van der Waals surface area contributed by atoms with Crippen molar-refractivity contribution in [2.75, 3.05) is 20.8 Å². The Labute approximate surface area is 159 Å². The van der Waals surface area contributed by atoms with Crippen LogP contribution in [0.2, 0.25) is 0 Å². The van der Waals surface area contributed by atoms with Gasteiger partial charge in [-0.1, -0.05) is 0 Å². The Bertz CT molecular complexity index is 789. The number of aliphatic hydroxyl groups is 1. The summed E-state index contributed by atoms with van der Waals surface area (Å²) in [4.78, 5) is 16.2. The van der Waals surface area contributed by atoms with Gasteiger partial charge in [-0.15, -0.1) is 0 Å². The molecule has 0 unspecified atom stereocenters. The van der Waals surface area contributed by atoms with Gasteiger partial charge < -0.3 is 19.3 Å². The van der Waals surface area contributed by atoms with Gasteiger partial charge in [-0.05, 0) is 26.8 Å². The van der Waals surface area contributed by atoms with Gasteiger partial charge in [0.05, 0.1) is 12.2 Å². The molecule has 0 atom stereocenters. The molecule has 0 radical (unpaired) electrons. The Kier molecular flexibility index (Phi) is 8.13. The minimum atomic E-state index is -2.14. The van der Waals surface area contributed by atoms with Gasteiger partial charge in [-0.25, -0.2) is 22.4 Å². The van der Waals surface area contributed by atoms with Gasteiger partial charge >= 0.3 is 5.97 Å². The first kappa shape index (κ1) is 23.6. The van der Waals surface area contributed by atoms with Crippen molar-refractivity contribution in [3.8, 4) is 0 Å². The van der Waals surface area contributed by atoms with E-state index in [2.05, 4.69) is 4.99 Å². The molecule has 0 aliphatic carbocycles. The predicted molar refractivity (Wildman–Crippen MR) is 92.8 cm³/mol. The molecule has 0 aliphatic heterocycles. The van der Waals surface area contributed by atoms with Crippen molar-refractivity contribution in [2.24, 2.45) is 4.99 Å². The van der Waals surface area contributed by atoms with Crippen molar-refractivity contribution >= 4 is 17.9 Å². The summed E-state index contributed by atoms with van der Waals surface area (Å²) in [6, 6.07) is 0.217. The number of hydrogen-bond donors (Lipinski definition) is 1. The molecule has 0 saturated carbocycles. The molecule has 10 heteroatoms. The van der Waals surface area contributed by atoms with Crippen molar-refractivity contribution < 1.29 is 41.7 Å². The summed E-state index contributed by atoms with van der Waals surface area (Å²) >= 11 is 0. The SMILES string of the molecule is CCOC(=O)C(C=NC(C)(C)C(OC)OC)=C(O)c1cc(F)c(F)c(F)c1F. The molecule has 0 spiro atoms. The normalized spacial score (nSPS) is 13.2. The van der Waals surface area contributed by atoms with Crippen LogP contribution in [0.3, 0.4) is 0 Å². The quantitative estimate of drug-likeness (QED) is 0.104. The zero-order valence-corrected chi connectivity index (χ0v) is 16.0. The second-order valence-corrected chi connectivity index (χ2v) is 6.05. The van der Waals surface area contributed by atoms with E-state index in [9.17, 15) is 27.5 Å². The fraction of sp³-hybridized carbons (Fsp3) is 0.444. The number of halogens is 4. The van der Waals surface area contributed by atoms with Gasteiger partial charge in [0.1, 0.15) is 16.9 Å². The molecule has 28 heavy (non-hydrogen) atoms. The van der Waals surface area contributed by atoms with Gasteiger partial charge in [0.2, 0.25) is 0 Å². The molecule has 1 rings (SSSR count). The maximum Gasteiger partial charge on any atom is 0.343 e. The highest BCUT2D eigenvalue weighted by molar-refractivity contribution is 6.15. The Morgan fingerprint density at radius 1 is 1.18 bits per heavy atom. The lowest BCUT2D eigenvalue weighted by molar-refractivity contribution is -0.138. The molecule has 0 aliphatic rings. The summed E-state index contributed by atoms with van der Waals surface area (Å²) in [5.74, 6) is -10.1. The number of esters is 1. The molecule has 0 amide bonds. The summed E-state index contributed by atoms with van der Waals surface area (Å²) in [5, 5.41) is 10.3. The lowest BCUT2D eigenvalue weighted by atomic mass is 10.0. The fourth-order valence-corrected chi connectivity index (χ4v) is 2.27. The second-order valence-electron chi connectivity index (χ2n) is 6.05. The van der Waals surface area contributed by atoms with E-state index >= 15 is 0 Å². The van der Waals surface area contributed by atoms with Crippen LogP contribution < -0.4 is 0 Å². The van der Waals surface area contributed by atoms with Crippen LogP contribution in [0, 0.1) is 23.3 Å². The molecule has 0 fully saturated rings. The zero-order valence-electron chi connectivity index (χ0n) is 16.0. The third-order valence-corrected chi connectivity index (χ3v) is 3.64. The van der Waals surface area contributed by atoms with Crippen LogP contribution >= 0.6 is 0 Å². The third kappa shape index (κ3) is 5.08. The van der Waals surface area contributed by atoms with Crippen LogP contribution in [0.4, 0.5) is 17.6 Å². The van der Waals surface area contributed by atoms with E-state index in [1.165, 1.54) is 21.1 Å². The minimum absolute atomic E-state index is 0.111. The number of aliphatic hydroxyl groups excluding tert-OH is 1. The third-order valence-electron chi connectivity index (χ3n) is 3.64. The molecule has 6 nitrogen and oxygen atoms in total. The molecule has 0 bridgehead atoms. The largest absolute Gasteiger partial charge is 0.506 e. The highest BCUT2D eigenvalue weighted by Gasteiger charge is 2.30. The van der Waals surface area contributed by atoms with Crippen molar-refractivity contribution in [1.82, 2.24) is 0 Å². The summed E-state index contributed by atoms with van der Waals surface area (Å²) < 4.78 is 69.0. The molecule has 0 aromatic heterocycles. The van der Waals surface area contributed by atoms with Crippen molar-refractivity contribution in [3.05, 3.63) is 40.5 Å². The maximum absolute atomic E-state index is 14.0. The highest BCUT2D eigenvalue weighted by Crippen LogP contribution is 2.26. The molecule has 156 valence electrons. The number of hydrogen-bond acceptors (Lipinski definition) is 6.